The molecule has 0 saturated carbocycles. The highest BCUT2D eigenvalue weighted by Crippen LogP contribution is 2.22. The van der Waals surface area contributed by atoms with E-state index >= 15 is 0 Å². The Morgan fingerprint density at radius 1 is 1.12 bits per heavy atom. The number of aromatic amines is 1. The summed E-state index contributed by atoms with van der Waals surface area (Å²) >= 11 is 1.03. The van der Waals surface area contributed by atoms with Gasteiger partial charge >= 0.3 is 11.7 Å². The number of carboxylic acid groups (broad SMARTS) is 1. The standard InChI is InChI=1S/C24H21N3O6S/c1-13(15-5-7-16(8-6-15)23(30)31)27-22(29)18-11-19(34-21(18)26-24(27)32)20(28)25-12-14-3-9-17(33-2)10-4-14/h3-11,13H,12H2,1-2H3,(H,25,28)(H,26,32)(H,30,31). The van der Waals surface area contributed by atoms with Crippen molar-refractivity contribution in [2.75, 3.05) is 7.11 Å². The van der Waals surface area contributed by atoms with Crippen LogP contribution in [0.5, 0.6) is 5.75 Å². The number of amides is 1. The van der Waals surface area contributed by atoms with Crippen molar-refractivity contribution in [2.24, 2.45) is 0 Å². The molecule has 0 aliphatic carbocycles. The second-order valence-electron chi connectivity index (χ2n) is 7.59. The molecule has 3 N–H and O–H groups in total. The smallest absolute Gasteiger partial charge is 0.335 e. The number of rotatable bonds is 7. The van der Waals surface area contributed by atoms with Gasteiger partial charge in [0.05, 0.1) is 29.0 Å². The van der Waals surface area contributed by atoms with Crippen molar-refractivity contribution in [1.82, 2.24) is 14.9 Å². The first-order chi connectivity index (χ1) is 16.3. The van der Waals surface area contributed by atoms with Crippen molar-refractivity contribution < 1.29 is 19.4 Å². The SMILES string of the molecule is COc1ccc(CNC(=O)c2cc3c(=O)n(C(C)c4ccc(C(=O)O)cc4)c(=O)[nH]c3s2)cc1. The van der Waals surface area contributed by atoms with Crippen molar-refractivity contribution in [2.45, 2.75) is 19.5 Å². The summed E-state index contributed by atoms with van der Waals surface area (Å²) in [4.78, 5) is 52.8. The highest BCUT2D eigenvalue weighted by Gasteiger charge is 2.19. The zero-order valence-electron chi connectivity index (χ0n) is 18.3. The summed E-state index contributed by atoms with van der Waals surface area (Å²) < 4.78 is 6.18. The van der Waals surface area contributed by atoms with Gasteiger partial charge in [-0.15, -0.1) is 11.3 Å². The number of aromatic carboxylic acids is 1. The van der Waals surface area contributed by atoms with Crippen LogP contribution in [0.25, 0.3) is 10.2 Å². The number of methoxy groups -OCH3 is 1. The van der Waals surface area contributed by atoms with Crippen molar-refractivity contribution in [1.29, 1.82) is 0 Å². The molecule has 10 heteroatoms. The normalized spacial score (nSPS) is 11.8. The van der Waals surface area contributed by atoms with E-state index in [-0.39, 0.29) is 16.9 Å². The number of H-pyrrole nitrogens is 1. The van der Waals surface area contributed by atoms with Gasteiger partial charge in [-0.2, -0.15) is 0 Å². The summed E-state index contributed by atoms with van der Waals surface area (Å²) in [6.07, 6.45) is 0. The maximum absolute atomic E-state index is 13.1. The summed E-state index contributed by atoms with van der Waals surface area (Å²) in [6, 6.07) is 14.1. The van der Waals surface area contributed by atoms with Crippen LogP contribution in [0, 0.1) is 0 Å². The van der Waals surface area contributed by atoms with Gasteiger partial charge in [0.25, 0.3) is 11.5 Å². The van der Waals surface area contributed by atoms with Crippen LogP contribution >= 0.6 is 11.3 Å². The second kappa shape index (κ2) is 9.36. The number of thiophene rings is 1. The monoisotopic (exact) mass is 479 g/mol. The highest BCUT2D eigenvalue weighted by atomic mass is 32.1. The van der Waals surface area contributed by atoms with E-state index in [2.05, 4.69) is 10.3 Å². The molecule has 0 spiro atoms. The summed E-state index contributed by atoms with van der Waals surface area (Å²) in [7, 11) is 1.58. The molecule has 1 atom stereocenters. The molecule has 1 amide bonds. The van der Waals surface area contributed by atoms with Gasteiger partial charge in [0.1, 0.15) is 10.6 Å². The molecule has 9 nitrogen and oxygen atoms in total. The Morgan fingerprint density at radius 2 is 1.79 bits per heavy atom. The van der Waals surface area contributed by atoms with E-state index in [0.717, 1.165) is 21.5 Å². The quantitative estimate of drug-likeness (QED) is 0.374. The summed E-state index contributed by atoms with van der Waals surface area (Å²) in [6.45, 7) is 1.97. The molecule has 2 aromatic heterocycles. The summed E-state index contributed by atoms with van der Waals surface area (Å²) in [5.74, 6) is -0.709. The van der Waals surface area contributed by atoms with Crippen molar-refractivity contribution in [3.05, 3.63) is 97.0 Å². The Morgan fingerprint density at radius 3 is 2.41 bits per heavy atom. The Hall–Kier alpha value is -4.18. The molecular weight excluding hydrogens is 458 g/mol. The molecule has 0 saturated heterocycles. The Kier molecular flexibility index (Phi) is 6.33. The average Bonchev–Trinajstić information content (AvgIpc) is 3.27. The van der Waals surface area contributed by atoms with Gasteiger partial charge < -0.3 is 15.2 Å². The van der Waals surface area contributed by atoms with Crippen LogP contribution in [0.3, 0.4) is 0 Å². The lowest BCUT2D eigenvalue weighted by molar-refractivity contribution is 0.0696. The summed E-state index contributed by atoms with van der Waals surface area (Å²) in [5, 5.41) is 12.1. The molecule has 0 fully saturated rings. The lowest BCUT2D eigenvalue weighted by atomic mass is 10.1. The number of benzene rings is 2. The molecule has 4 aromatic rings. The van der Waals surface area contributed by atoms with Gasteiger partial charge in [0.15, 0.2) is 0 Å². The van der Waals surface area contributed by atoms with Crippen LogP contribution in [0.4, 0.5) is 0 Å². The molecule has 0 bridgehead atoms. The molecule has 174 valence electrons. The maximum Gasteiger partial charge on any atom is 0.335 e. The third-order valence-corrected chi connectivity index (χ3v) is 6.53. The van der Waals surface area contributed by atoms with Crippen LogP contribution in [0.2, 0.25) is 0 Å². The molecule has 34 heavy (non-hydrogen) atoms. The molecule has 4 rings (SSSR count). The number of hydrogen-bond donors (Lipinski definition) is 3. The zero-order chi connectivity index (χ0) is 24.4. The number of carboxylic acids is 1. The number of ether oxygens (including phenoxy) is 1. The molecular formula is C24H21N3O6S. The predicted octanol–water partition coefficient (Wildman–Crippen LogP) is 3.00. The first-order valence-electron chi connectivity index (χ1n) is 10.3. The van der Waals surface area contributed by atoms with Gasteiger partial charge in [-0.25, -0.2) is 9.59 Å². The largest absolute Gasteiger partial charge is 0.497 e. The van der Waals surface area contributed by atoms with Crippen molar-refractivity contribution in [3.63, 3.8) is 0 Å². The molecule has 2 heterocycles. The highest BCUT2D eigenvalue weighted by molar-refractivity contribution is 7.20. The maximum atomic E-state index is 13.1. The van der Waals surface area contributed by atoms with Gasteiger partial charge in [-0.1, -0.05) is 24.3 Å². The number of nitrogens with zero attached hydrogens (tertiary/aromatic N) is 1. The number of nitrogens with one attached hydrogen (secondary N) is 2. The van der Waals surface area contributed by atoms with Gasteiger partial charge in [-0.3, -0.25) is 19.1 Å². The molecule has 0 radical (unpaired) electrons. The van der Waals surface area contributed by atoms with E-state index in [1.807, 2.05) is 12.1 Å². The van der Waals surface area contributed by atoms with Crippen molar-refractivity contribution >= 4 is 33.4 Å². The predicted molar refractivity (Wildman–Crippen MR) is 128 cm³/mol. The summed E-state index contributed by atoms with van der Waals surface area (Å²) in [5.41, 5.74) is 0.451. The first-order valence-corrected chi connectivity index (χ1v) is 11.1. The van der Waals surface area contributed by atoms with Gasteiger partial charge in [0, 0.05) is 6.54 Å². The molecule has 2 aromatic carbocycles. The lowest BCUT2D eigenvalue weighted by Crippen LogP contribution is -2.37. The second-order valence-corrected chi connectivity index (χ2v) is 8.64. The number of fused-ring (bicyclic) bond motifs is 1. The van der Waals surface area contributed by atoms with Gasteiger partial charge in [0.2, 0.25) is 0 Å². The number of carbonyl (C=O) groups excluding carboxylic acids is 1. The van der Waals surface area contributed by atoms with Crippen LogP contribution in [-0.4, -0.2) is 33.6 Å². The lowest BCUT2D eigenvalue weighted by Gasteiger charge is -2.14. The van der Waals surface area contributed by atoms with Crippen molar-refractivity contribution in [3.8, 4) is 5.75 Å². The van der Waals surface area contributed by atoms with Crippen LogP contribution in [0.1, 0.15) is 44.1 Å². The van der Waals surface area contributed by atoms with E-state index in [1.54, 1.807) is 38.3 Å². The van der Waals surface area contributed by atoms with E-state index in [1.165, 1.54) is 18.2 Å². The minimum atomic E-state index is -1.06. The number of carbonyl (C=O) groups is 2. The topological polar surface area (TPSA) is 130 Å². The first kappa shape index (κ1) is 23.0. The van der Waals surface area contributed by atoms with E-state index in [9.17, 15) is 19.2 Å². The molecule has 1 unspecified atom stereocenters. The van der Waals surface area contributed by atoms with Crippen LogP contribution in [-0.2, 0) is 6.54 Å². The Balaban J connectivity index is 1.59. The molecule has 0 aliphatic heterocycles. The molecule has 0 aliphatic rings. The average molecular weight is 480 g/mol. The Bertz CT molecular complexity index is 1480. The minimum absolute atomic E-state index is 0.107. The number of hydrogen-bond acceptors (Lipinski definition) is 6. The fourth-order valence-corrected chi connectivity index (χ4v) is 4.51. The van der Waals surface area contributed by atoms with E-state index in [4.69, 9.17) is 9.84 Å². The Labute approximate surface area is 197 Å². The number of aromatic nitrogens is 2. The third kappa shape index (κ3) is 4.48. The minimum Gasteiger partial charge on any atom is -0.497 e. The fraction of sp³-hybridized carbons (Fsp3) is 0.167. The van der Waals surface area contributed by atoms with E-state index in [0.29, 0.717) is 27.6 Å². The van der Waals surface area contributed by atoms with Crippen LogP contribution in [0.15, 0.2) is 64.2 Å². The van der Waals surface area contributed by atoms with E-state index < -0.39 is 23.3 Å². The van der Waals surface area contributed by atoms with Crippen LogP contribution < -0.4 is 21.3 Å². The van der Waals surface area contributed by atoms with Gasteiger partial charge in [-0.05, 0) is 48.4 Å². The zero-order valence-corrected chi connectivity index (χ0v) is 19.1. The fourth-order valence-electron chi connectivity index (χ4n) is 3.55. The third-order valence-electron chi connectivity index (χ3n) is 5.48.